The second-order valence-corrected chi connectivity index (χ2v) is 3.26. The fourth-order valence-corrected chi connectivity index (χ4v) is 1.99. The van der Waals surface area contributed by atoms with Gasteiger partial charge in [0.2, 0.25) is 0 Å². The Kier molecular flexibility index (Phi) is 1.21. The van der Waals surface area contributed by atoms with Crippen molar-refractivity contribution in [3.63, 3.8) is 0 Å². The van der Waals surface area contributed by atoms with E-state index in [0.717, 1.165) is 6.54 Å². The van der Waals surface area contributed by atoms with E-state index < -0.39 is 0 Å². The first kappa shape index (κ1) is 6.17. The number of fused-ring (bicyclic) bond motifs is 1. The molecule has 0 amide bonds. The summed E-state index contributed by atoms with van der Waals surface area (Å²) >= 11 is 0. The van der Waals surface area contributed by atoms with Crippen molar-refractivity contribution in [2.45, 2.75) is 18.9 Å². The molecule has 1 atom stereocenters. The van der Waals surface area contributed by atoms with Gasteiger partial charge in [0, 0.05) is 12.6 Å². The highest BCUT2D eigenvalue weighted by Crippen LogP contribution is 2.33. The Hall–Kier alpha value is -0.560. The first-order chi connectivity index (χ1) is 4.79. The van der Waals surface area contributed by atoms with Crippen molar-refractivity contribution in [2.75, 3.05) is 13.1 Å². The van der Waals surface area contributed by atoms with Gasteiger partial charge in [-0.15, -0.1) is 0 Å². The molecule has 0 aromatic rings. The van der Waals surface area contributed by atoms with Crippen LogP contribution >= 0.6 is 0 Å². The molecule has 2 rings (SSSR count). The van der Waals surface area contributed by atoms with E-state index in [0.29, 0.717) is 6.04 Å². The Morgan fingerprint density at radius 2 is 2.20 bits per heavy atom. The smallest absolute Gasteiger partial charge is 0.0349 e. The summed E-state index contributed by atoms with van der Waals surface area (Å²) in [5.41, 5.74) is 2.54. The van der Waals surface area contributed by atoms with Crippen molar-refractivity contribution < 1.29 is 0 Å². The molecule has 0 aliphatic carbocycles. The Bertz CT molecular complexity index is 193. The Labute approximate surface area is 62.0 Å². The molecule has 1 unspecified atom stereocenters. The van der Waals surface area contributed by atoms with Crippen LogP contribution in [0.3, 0.4) is 0 Å². The lowest BCUT2D eigenvalue weighted by molar-refractivity contribution is 0.346. The van der Waals surface area contributed by atoms with Crippen LogP contribution in [0.15, 0.2) is 24.3 Å². The summed E-state index contributed by atoms with van der Waals surface area (Å²) in [7, 11) is 0. The van der Waals surface area contributed by atoms with E-state index >= 15 is 0 Å². The van der Waals surface area contributed by atoms with Gasteiger partial charge in [-0.1, -0.05) is 13.2 Å². The zero-order chi connectivity index (χ0) is 7.14. The molecule has 0 saturated carbocycles. The number of nitrogens with zero attached hydrogens (tertiary/aromatic N) is 1. The lowest BCUT2D eigenvalue weighted by Gasteiger charge is -2.12. The van der Waals surface area contributed by atoms with Gasteiger partial charge in [-0.05, 0) is 30.5 Å². The van der Waals surface area contributed by atoms with Crippen LogP contribution in [0.2, 0.25) is 0 Å². The second kappa shape index (κ2) is 1.96. The molecular formula is C9H13N. The van der Waals surface area contributed by atoms with Crippen molar-refractivity contribution in [3.8, 4) is 0 Å². The maximum absolute atomic E-state index is 4.04. The molecule has 0 radical (unpaired) electrons. The minimum absolute atomic E-state index is 0.660. The molecule has 2 saturated heterocycles. The second-order valence-electron chi connectivity index (χ2n) is 3.26. The standard InChI is InChI=1S/C9H13N/c1-7-6-10-5-3-4-9(10)8(7)2/h9H,1-6H2. The summed E-state index contributed by atoms with van der Waals surface area (Å²) in [6.45, 7) is 10.3. The van der Waals surface area contributed by atoms with Crippen LogP contribution in [-0.4, -0.2) is 24.0 Å². The molecule has 2 aliphatic rings. The molecule has 2 aliphatic heterocycles. The zero-order valence-corrected chi connectivity index (χ0v) is 6.27. The summed E-state index contributed by atoms with van der Waals surface area (Å²) in [5, 5.41) is 0. The van der Waals surface area contributed by atoms with E-state index in [1.165, 1.54) is 30.5 Å². The fourth-order valence-electron chi connectivity index (χ4n) is 1.99. The molecule has 10 heavy (non-hydrogen) atoms. The van der Waals surface area contributed by atoms with Crippen LogP contribution in [0.25, 0.3) is 0 Å². The summed E-state index contributed by atoms with van der Waals surface area (Å²) < 4.78 is 0. The van der Waals surface area contributed by atoms with Gasteiger partial charge >= 0.3 is 0 Å². The predicted octanol–water partition coefficient (Wildman–Crippen LogP) is 1.58. The molecule has 0 bridgehead atoms. The van der Waals surface area contributed by atoms with Crippen molar-refractivity contribution in [1.82, 2.24) is 4.90 Å². The maximum Gasteiger partial charge on any atom is 0.0349 e. The number of rotatable bonds is 0. The molecule has 1 nitrogen and oxygen atoms in total. The topological polar surface area (TPSA) is 3.24 Å². The van der Waals surface area contributed by atoms with Gasteiger partial charge in [0.05, 0.1) is 0 Å². The van der Waals surface area contributed by atoms with Crippen LogP contribution in [0.4, 0.5) is 0 Å². The molecule has 2 fully saturated rings. The molecule has 2 heterocycles. The highest BCUT2D eigenvalue weighted by Gasteiger charge is 2.33. The minimum atomic E-state index is 0.660. The summed E-state index contributed by atoms with van der Waals surface area (Å²) in [4.78, 5) is 2.48. The average Bonchev–Trinajstić information content (AvgIpc) is 2.41. The monoisotopic (exact) mass is 135 g/mol. The van der Waals surface area contributed by atoms with Gasteiger partial charge in [-0.3, -0.25) is 4.90 Å². The van der Waals surface area contributed by atoms with Crippen molar-refractivity contribution in [1.29, 1.82) is 0 Å². The van der Waals surface area contributed by atoms with Gasteiger partial charge in [0.15, 0.2) is 0 Å². The average molecular weight is 135 g/mol. The maximum atomic E-state index is 4.04. The largest absolute Gasteiger partial charge is 0.292 e. The van der Waals surface area contributed by atoms with Gasteiger partial charge in [-0.2, -0.15) is 0 Å². The fraction of sp³-hybridized carbons (Fsp3) is 0.556. The highest BCUT2D eigenvalue weighted by atomic mass is 15.2. The first-order valence-corrected chi connectivity index (χ1v) is 3.90. The quantitative estimate of drug-likeness (QED) is 0.487. The van der Waals surface area contributed by atoms with Crippen molar-refractivity contribution >= 4 is 0 Å². The van der Waals surface area contributed by atoms with E-state index in [1.807, 2.05) is 0 Å². The minimum Gasteiger partial charge on any atom is -0.292 e. The van der Waals surface area contributed by atoms with Crippen LogP contribution in [0.5, 0.6) is 0 Å². The first-order valence-electron chi connectivity index (χ1n) is 3.90. The number of hydrogen-bond acceptors (Lipinski definition) is 1. The highest BCUT2D eigenvalue weighted by molar-refractivity contribution is 5.37. The lowest BCUT2D eigenvalue weighted by atomic mass is 10.1. The van der Waals surface area contributed by atoms with E-state index in [2.05, 4.69) is 18.1 Å². The zero-order valence-electron chi connectivity index (χ0n) is 6.27. The van der Waals surface area contributed by atoms with Crippen molar-refractivity contribution in [3.05, 3.63) is 24.3 Å². The Balaban J connectivity index is 2.24. The van der Waals surface area contributed by atoms with Gasteiger partial charge in [0.1, 0.15) is 0 Å². The third kappa shape index (κ3) is 0.671. The predicted molar refractivity (Wildman–Crippen MR) is 42.9 cm³/mol. The van der Waals surface area contributed by atoms with E-state index in [1.54, 1.807) is 0 Å². The van der Waals surface area contributed by atoms with E-state index in [-0.39, 0.29) is 0 Å². The van der Waals surface area contributed by atoms with Gasteiger partial charge < -0.3 is 0 Å². The number of hydrogen-bond donors (Lipinski definition) is 0. The molecule has 54 valence electrons. The molecule has 0 spiro atoms. The molecule has 0 aromatic carbocycles. The van der Waals surface area contributed by atoms with Crippen molar-refractivity contribution in [2.24, 2.45) is 0 Å². The third-order valence-corrected chi connectivity index (χ3v) is 2.61. The summed E-state index contributed by atoms with van der Waals surface area (Å²) in [6.07, 6.45) is 2.65. The SMILES string of the molecule is C=C1CN2CCCC2C1=C. The molecule has 0 N–H and O–H groups in total. The Morgan fingerprint density at radius 1 is 1.40 bits per heavy atom. The lowest BCUT2D eigenvalue weighted by Crippen LogP contribution is -2.22. The van der Waals surface area contributed by atoms with Gasteiger partial charge in [-0.25, -0.2) is 0 Å². The van der Waals surface area contributed by atoms with Crippen LogP contribution in [-0.2, 0) is 0 Å². The molecule has 1 heteroatoms. The van der Waals surface area contributed by atoms with Crippen LogP contribution in [0, 0.1) is 0 Å². The van der Waals surface area contributed by atoms with E-state index in [4.69, 9.17) is 0 Å². The third-order valence-electron chi connectivity index (χ3n) is 2.61. The van der Waals surface area contributed by atoms with E-state index in [9.17, 15) is 0 Å². The van der Waals surface area contributed by atoms with Crippen LogP contribution in [0.1, 0.15) is 12.8 Å². The van der Waals surface area contributed by atoms with Crippen LogP contribution < -0.4 is 0 Å². The molecular weight excluding hydrogens is 122 g/mol. The summed E-state index contributed by atoms with van der Waals surface area (Å²) in [5.74, 6) is 0. The normalized spacial score (nSPS) is 33.4. The summed E-state index contributed by atoms with van der Waals surface area (Å²) in [6, 6.07) is 0.660. The molecule has 0 aromatic heterocycles. The Morgan fingerprint density at radius 3 is 2.90 bits per heavy atom. The van der Waals surface area contributed by atoms with Gasteiger partial charge in [0.25, 0.3) is 0 Å².